The highest BCUT2D eigenvalue weighted by Crippen LogP contribution is 2.12. The van der Waals surface area contributed by atoms with Crippen LogP contribution in [0.5, 0.6) is 0 Å². The van der Waals surface area contributed by atoms with Crippen molar-refractivity contribution < 1.29 is 0 Å². The lowest BCUT2D eigenvalue weighted by atomic mass is 10.2. The van der Waals surface area contributed by atoms with Gasteiger partial charge in [0, 0.05) is 13.0 Å². The van der Waals surface area contributed by atoms with Crippen molar-refractivity contribution in [2.45, 2.75) is 39.2 Å². The predicted molar refractivity (Wildman–Crippen MR) is 74.4 cm³/mol. The average molecular weight is 262 g/mol. The Hall–Kier alpha value is -2.11. The number of hydrogen-bond donors (Lipinski definition) is 2. The molecule has 0 unspecified atom stereocenters. The predicted octanol–water partition coefficient (Wildman–Crippen LogP) is 1.33. The molecule has 2 heterocycles. The van der Waals surface area contributed by atoms with Crippen LogP contribution in [0.1, 0.15) is 32.0 Å². The van der Waals surface area contributed by atoms with Crippen LogP contribution in [0.25, 0.3) is 11.2 Å². The molecule has 0 radical (unpaired) electrons. The fourth-order valence-electron chi connectivity index (χ4n) is 2.17. The molecule has 102 valence electrons. The second kappa shape index (κ2) is 5.69. The summed E-state index contributed by atoms with van der Waals surface area (Å²) in [5, 5.41) is 0. The zero-order valence-corrected chi connectivity index (χ0v) is 11.0. The number of aromatic amines is 2. The fourth-order valence-corrected chi connectivity index (χ4v) is 2.17. The minimum absolute atomic E-state index is 0.349. The van der Waals surface area contributed by atoms with E-state index < -0.39 is 11.2 Å². The van der Waals surface area contributed by atoms with Crippen LogP contribution in [0.4, 0.5) is 0 Å². The molecule has 2 rings (SSSR count). The number of H-pyrrole nitrogens is 2. The molecule has 0 aliphatic heterocycles. The summed E-state index contributed by atoms with van der Waals surface area (Å²) < 4.78 is 1.81. The minimum atomic E-state index is -0.527. The van der Waals surface area contributed by atoms with Crippen LogP contribution in [0.3, 0.4) is 0 Å². The molecule has 0 aliphatic carbocycles. The van der Waals surface area contributed by atoms with Gasteiger partial charge >= 0.3 is 5.69 Å². The van der Waals surface area contributed by atoms with Gasteiger partial charge in [-0.2, -0.15) is 0 Å². The Morgan fingerprint density at radius 3 is 2.79 bits per heavy atom. The molecule has 6 heteroatoms. The molecule has 2 aromatic heterocycles. The van der Waals surface area contributed by atoms with Crippen molar-refractivity contribution in [1.29, 1.82) is 0 Å². The van der Waals surface area contributed by atoms with Gasteiger partial charge in [-0.25, -0.2) is 9.78 Å². The van der Waals surface area contributed by atoms with E-state index in [0.29, 0.717) is 17.7 Å². The van der Waals surface area contributed by atoms with Crippen LogP contribution in [-0.2, 0) is 13.0 Å². The number of aryl methyl sites for hydroxylation is 1. The van der Waals surface area contributed by atoms with E-state index in [-0.39, 0.29) is 0 Å². The molecule has 0 saturated carbocycles. The number of nitrogens with zero attached hydrogens (tertiary/aromatic N) is 2. The van der Waals surface area contributed by atoms with E-state index >= 15 is 0 Å². The van der Waals surface area contributed by atoms with Crippen LogP contribution in [0, 0.1) is 0 Å². The average Bonchev–Trinajstić information content (AvgIpc) is 2.68. The van der Waals surface area contributed by atoms with Gasteiger partial charge in [0.2, 0.25) is 0 Å². The molecule has 0 aliphatic rings. The summed E-state index contributed by atoms with van der Waals surface area (Å²) in [7, 11) is 0. The summed E-state index contributed by atoms with van der Waals surface area (Å²) in [5.74, 6) is 0.815. The molecule has 2 aromatic rings. The highest BCUT2D eigenvalue weighted by Gasteiger charge is 2.13. The topological polar surface area (TPSA) is 83.5 Å². The van der Waals surface area contributed by atoms with Gasteiger partial charge in [-0.1, -0.05) is 25.8 Å². The lowest BCUT2D eigenvalue weighted by Gasteiger charge is -2.04. The zero-order chi connectivity index (χ0) is 13.8. The van der Waals surface area contributed by atoms with E-state index in [1.165, 1.54) is 0 Å². The Morgan fingerprint density at radius 2 is 2.11 bits per heavy atom. The Labute approximate surface area is 110 Å². The first-order valence-electron chi connectivity index (χ1n) is 6.50. The smallest absolute Gasteiger partial charge is 0.318 e. The normalized spacial score (nSPS) is 11.0. The van der Waals surface area contributed by atoms with Crippen LogP contribution in [0.2, 0.25) is 0 Å². The van der Waals surface area contributed by atoms with Gasteiger partial charge in [0.1, 0.15) is 5.82 Å². The monoisotopic (exact) mass is 262 g/mol. The van der Waals surface area contributed by atoms with Crippen LogP contribution in [0.15, 0.2) is 22.2 Å². The van der Waals surface area contributed by atoms with Crippen molar-refractivity contribution in [1.82, 2.24) is 19.5 Å². The molecule has 6 nitrogen and oxygen atoms in total. The first-order chi connectivity index (χ1) is 9.17. The third-order valence-corrected chi connectivity index (χ3v) is 3.04. The number of nitrogens with one attached hydrogen (secondary N) is 2. The lowest BCUT2D eigenvalue weighted by molar-refractivity contribution is 0.662. The van der Waals surface area contributed by atoms with E-state index in [0.717, 1.165) is 31.5 Å². The highest BCUT2D eigenvalue weighted by molar-refractivity contribution is 5.70. The third kappa shape index (κ3) is 2.67. The van der Waals surface area contributed by atoms with Crippen LogP contribution in [-0.4, -0.2) is 19.5 Å². The fraction of sp³-hybridized carbons (Fsp3) is 0.462. The summed E-state index contributed by atoms with van der Waals surface area (Å²) in [6.07, 6.45) is 5.76. The summed E-state index contributed by atoms with van der Waals surface area (Å²) in [5.41, 5.74) is -0.177. The van der Waals surface area contributed by atoms with Gasteiger partial charge in [-0.3, -0.25) is 14.8 Å². The van der Waals surface area contributed by atoms with Crippen molar-refractivity contribution >= 4 is 11.2 Å². The summed E-state index contributed by atoms with van der Waals surface area (Å²) in [6, 6.07) is 0. The van der Waals surface area contributed by atoms with E-state index in [9.17, 15) is 9.59 Å². The Balaban J connectivity index is 2.53. The molecular weight excluding hydrogens is 244 g/mol. The molecular formula is C13H18N4O2. The quantitative estimate of drug-likeness (QED) is 0.608. The maximum absolute atomic E-state index is 11.9. The number of rotatable bonds is 6. The van der Waals surface area contributed by atoms with Gasteiger partial charge in [0.05, 0.1) is 0 Å². The second-order valence-corrected chi connectivity index (χ2v) is 4.49. The van der Waals surface area contributed by atoms with Gasteiger partial charge in [0.15, 0.2) is 11.2 Å². The SMILES string of the molecule is C=CCn1c(CCCCC)nc2[nH]c(=O)[nH]c(=O)c21. The van der Waals surface area contributed by atoms with E-state index in [1.54, 1.807) is 6.08 Å². The van der Waals surface area contributed by atoms with Gasteiger partial charge in [0.25, 0.3) is 5.56 Å². The molecule has 0 bridgehead atoms. The van der Waals surface area contributed by atoms with Gasteiger partial charge < -0.3 is 4.57 Å². The molecule has 0 atom stereocenters. The number of aromatic nitrogens is 4. The number of fused-ring (bicyclic) bond motifs is 1. The summed E-state index contributed by atoms with van der Waals surface area (Å²) in [4.78, 5) is 32.3. The van der Waals surface area contributed by atoms with Crippen molar-refractivity contribution in [3.8, 4) is 0 Å². The van der Waals surface area contributed by atoms with Crippen molar-refractivity contribution in [2.75, 3.05) is 0 Å². The molecule has 0 amide bonds. The summed E-state index contributed by atoms with van der Waals surface area (Å²) >= 11 is 0. The maximum atomic E-state index is 11.9. The number of allylic oxidation sites excluding steroid dienone is 1. The van der Waals surface area contributed by atoms with Crippen molar-refractivity contribution in [3.63, 3.8) is 0 Å². The van der Waals surface area contributed by atoms with Crippen LogP contribution < -0.4 is 11.2 Å². The number of hydrogen-bond acceptors (Lipinski definition) is 3. The van der Waals surface area contributed by atoms with E-state index in [4.69, 9.17) is 0 Å². The Kier molecular flexibility index (Phi) is 3.99. The minimum Gasteiger partial charge on any atom is -0.318 e. The largest absolute Gasteiger partial charge is 0.327 e. The second-order valence-electron chi connectivity index (χ2n) is 4.49. The maximum Gasteiger partial charge on any atom is 0.327 e. The lowest BCUT2D eigenvalue weighted by Crippen LogP contribution is -2.23. The number of imidazole rings is 1. The standard InChI is InChI=1S/C13H18N4O2/c1-3-5-6-7-9-14-11-10(17(9)8-4-2)12(18)16-13(19)15-11/h4H,2-3,5-8H2,1H3,(H2,15,16,18,19). The van der Waals surface area contributed by atoms with Crippen molar-refractivity contribution in [2.24, 2.45) is 0 Å². The number of unbranched alkanes of at least 4 members (excludes halogenated alkanes) is 2. The zero-order valence-electron chi connectivity index (χ0n) is 11.0. The first kappa shape index (κ1) is 13.3. The molecule has 2 N–H and O–H groups in total. The van der Waals surface area contributed by atoms with Crippen molar-refractivity contribution in [3.05, 3.63) is 39.3 Å². The molecule has 0 spiro atoms. The van der Waals surface area contributed by atoms with E-state index in [1.807, 2.05) is 4.57 Å². The van der Waals surface area contributed by atoms with Gasteiger partial charge in [-0.05, 0) is 6.42 Å². The first-order valence-corrected chi connectivity index (χ1v) is 6.50. The van der Waals surface area contributed by atoms with Gasteiger partial charge in [-0.15, -0.1) is 6.58 Å². The summed E-state index contributed by atoms with van der Waals surface area (Å²) in [6.45, 7) is 6.34. The third-order valence-electron chi connectivity index (χ3n) is 3.04. The van der Waals surface area contributed by atoms with Crippen LogP contribution >= 0.6 is 0 Å². The highest BCUT2D eigenvalue weighted by atomic mass is 16.2. The molecule has 0 saturated heterocycles. The molecule has 0 fully saturated rings. The molecule has 0 aromatic carbocycles. The van der Waals surface area contributed by atoms with E-state index in [2.05, 4.69) is 28.5 Å². The molecule has 19 heavy (non-hydrogen) atoms. The Morgan fingerprint density at radius 1 is 1.32 bits per heavy atom. The Bertz CT molecular complexity index is 693.